The maximum atomic E-state index is 4.02. The molecule has 0 aromatic heterocycles. The first-order valence-electron chi connectivity index (χ1n) is 7.31. The Balaban J connectivity index is 2.35. The van der Waals surface area contributed by atoms with Crippen molar-refractivity contribution in [1.29, 1.82) is 0 Å². The SMILES string of the molecule is C=C(CCCCc1cccc(CC)c1C)N/C=C\C. The molecule has 0 aliphatic rings. The average molecular weight is 257 g/mol. The van der Waals surface area contributed by atoms with E-state index in [9.17, 15) is 0 Å². The first kappa shape index (κ1) is 15.6. The largest absolute Gasteiger partial charge is 0.366 e. The van der Waals surface area contributed by atoms with Gasteiger partial charge in [0.15, 0.2) is 0 Å². The van der Waals surface area contributed by atoms with Crippen LogP contribution in [0.15, 0.2) is 42.8 Å². The Morgan fingerprint density at radius 3 is 2.68 bits per heavy atom. The molecule has 0 spiro atoms. The van der Waals surface area contributed by atoms with Crippen LogP contribution in [0.25, 0.3) is 0 Å². The van der Waals surface area contributed by atoms with E-state index >= 15 is 0 Å². The minimum Gasteiger partial charge on any atom is -0.366 e. The summed E-state index contributed by atoms with van der Waals surface area (Å²) in [6.07, 6.45) is 9.71. The van der Waals surface area contributed by atoms with Crippen LogP contribution in [-0.4, -0.2) is 0 Å². The fourth-order valence-corrected chi connectivity index (χ4v) is 2.32. The minimum atomic E-state index is 1.05. The van der Waals surface area contributed by atoms with E-state index in [0.717, 1.165) is 18.5 Å². The number of unbranched alkanes of at least 4 members (excludes halogenated alkanes) is 1. The zero-order valence-electron chi connectivity index (χ0n) is 12.6. The molecular weight excluding hydrogens is 230 g/mol. The van der Waals surface area contributed by atoms with Gasteiger partial charge in [0.2, 0.25) is 0 Å². The topological polar surface area (TPSA) is 12.0 Å². The van der Waals surface area contributed by atoms with Gasteiger partial charge in [0, 0.05) is 5.70 Å². The number of benzene rings is 1. The zero-order valence-corrected chi connectivity index (χ0v) is 12.6. The summed E-state index contributed by atoms with van der Waals surface area (Å²) >= 11 is 0. The van der Waals surface area contributed by atoms with Crippen LogP contribution in [0.5, 0.6) is 0 Å². The lowest BCUT2D eigenvalue weighted by Gasteiger charge is -2.10. The highest BCUT2D eigenvalue weighted by Gasteiger charge is 2.02. The van der Waals surface area contributed by atoms with E-state index < -0.39 is 0 Å². The Morgan fingerprint density at radius 1 is 1.26 bits per heavy atom. The molecule has 1 aromatic carbocycles. The molecule has 104 valence electrons. The molecule has 1 N–H and O–H groups in total. The highest BCUT2D eigenvalue weighted by atomic mass is 14.8. The number of rotatable bonds is 8. The van der Waals surface area contributed by atoms with Crippen molar-refractivity contribution >= 4 is 0 Å². The molecule has 0 atom stereocenters. The Bertz CT molecular complexity index is 429. The van der Waals surface area contributed by atoms with Crippen molar-refractivity contribution in [2.45, 2.75) is 52.9 Å². The van der Waals surface area contributed by atoms with E-state index in [1.54, 1.807) is 0 Å². The van der Waals surface area contributed by atoms with Crippen LogP contribution in [0.1, 0.15) is 49.8 Å². The van der Waals surface area contributed by atoms with Crippen molar-refractivity contribution in [3.05, 3.63) is 59.4 Å². The van der Waals surface area contributed by atoms with Gasteiger partial charge in [-0.25, -0.2) is 0 Å². The summed E-state index contributed by atoms with van der Waals surface area (Å²) in [4.78, 5) is 0. The summed E-state index contributed by atoms with van der Waals surface area (Å²) in [5.74, 6) is 0. The van der Waals surface area contributed by atoms with Crippen molar-refractivity contribution in [2.24, 2.45) is 0 Å². The molecule has 1 rings (SSSR count). The highest BCUT2D eigenvalue weighted by Crippen LogP contribution is 2.17. The fraction of sp³-hybridized carbons (Fsp3) is 0.444. The number of nitrogens with one attached hydrogen (secondary N) is 1. The third-order valence-electron chi connectivity index (χ3n) is 3.57. The number of hydrogen-bond donors (Lipinski definition) is 1. The quantitative estimate of drug-likeness (QED) is 0.653. The van der Waals surface area contributed by atoms with E-state index in [4.69, 9.17) is 0 Å². The van der Waals surface area contributed by atoms with Gasteiger partial charge in [-0.1, -0.05) is 37.8 Å². The van der Waals surface area contributed by atoms with E-state index in [-0.39, 0.29) is 0 Å². The van der Waals surface area contributed by atoms with Crippen molar-refractivity contribution in [3.63, 3.8) is 0 Å². The van der Waals surface area contributed by atoms with E-state index in [1.165, 1.54) is 36.0 Å². The highest BCUT2D eigenvalue weighted by molar-refractivity contribution is 5.34. The van der Waals surface area contributed by atoms with Crippen molar-refractivity contribution in [1.82, 2.24) is 5.32 Å². The zero-order chi connectivity index (χ0) is 14.1. The smallest absolute Gasteiger partial charge is 0.00732 e. The molecule has 0 unspecified atom stereocenters. The van der Waals surface area contributed by atoms with Gasteiger partial charge in [0.25, 0.3) is 0 Å². The number of hydrogen-bond acceptors (Lipinski definition) is 1. The second-order valence-corrected chi connectivity index (χ2v) is 5.01. The van der Waals surface area contributed by atoms with E-state index in [2.05, 4.69) is 43.9 Å². The Morgan fingerprint density at radius 2 is 2.00 bits per heavy atom. The molecule has 0 aliphatic heterocycles. The summed E-state index contributed by atoms with van der Waals surface area (Å²) in [6, 6.07) is 6.69. The molecule has 0 radical (unpaired) electrons. The van der Waals surface area contributed by atoms with Crippen LogP contribution in [0.2, 0.25) is 0 Å². The Kier molecular flexibility index (Phi) is 7.02. The molecule has 0 bridgehead atoms. The second-order valence-electron chi connectivity index (χ2n) is 5.01. The van der Waals surface area contributed by atoms with Gasteiger partial charge < -0.3 is 5.32 Å². The molecule has 0 saturated heterocycles. The van der Waals surface area contributed by atoms with Gasteiger partial charge in [-0.2, -0.15) is 0 Å². The lowest BCUT2D eigenvalue weighted by molar-refractivity contribution is 0.709. The minimum absolute atomic E-state index is 1.05. The number of allylic oxidation sites excluding steroid dienone is 2. The van der Waals surface area contributed by atoms with Crippen LogP contribution < -0.4 is 5.32 Å². The average Bonchev–Trinajstić information content (AvgIpc) is 2.42. The van der Waals surface area contributed by atoms with Crippen LogP contribution in [0.4, 0.5) is 0 Å². The molecule has 0 amide bonds. The predicted molar refractivity (Wildman–Crippen MR) is 85.2 cm³/mol. The lowest BCUT2D eigenvalue weighted by Crippen LogP contribution is -2.03. The number of aryl methyl sites for hydroxylation is 2. The van der Waals surface area contributed by atoms with Gasteiger partial charge in [-0.15, -0.1) is 0 Å². The molecule has 1 nitrogen and oxygen atoms in total. The maximum Gasteiger partial charge on any atom is 0.00732 e. The Labute approximate surface area is 118 Å². The monoisotopic (exact) mass is 257 g/mol. The molecule has 0 heterocycles. The van der Waals surface area contributed by atoms with Gasteiger partial charge in [-0.05, 0) is 68.8 Å². The van der Waals surface area contributed by atoms with Gasteiger partial charge in [0.1, 0.15) is 0 Å². The summed E-state index contributed by atoms with van der Waals surface area (Å²) in [6.45, 7) is 10.5. The Hall–Kier alpha value is -1.50. The third kappa shape index (κ3) is 5.34. The molecule has 1 heteroatoms. The molecule has 0 aliphatic carbocycles. The van der Waals surface area contributed by atoms with E-state index in [0.29, 0.717) is 0 Å². The summed E-state index contributed by atoms with van der Waals surface area (Å²) in [5, 5.41) is 3.19. The van der Waals surface area contributed by atoms with Crippen molar-refractivity contribution in [3.8, 4) is 0 Å². The molecule has 19 heavy (non-hydrogen) atoms. The molecule has 1 aromatic rings. The van der Waals surface area contributed by atoms with Gasteiger partial charge in [0.05, 0.1) is 0 Å². The first-order chi connectivity index (χ1) is 9.19. The fourth-order valence-electron chi connectivity index (χ4n) is 2.32. The van der Waals surface area contributed by atoms with Crippen LogP contribution >= 0.6 is 0 Å². The molecular formula is C18H27N. The summed E-state index contributed by atoms with van der Waals surface area (Å²) < 4.78 is 0. The second kappa shape index (κ2) is 8.58. The molecule has 0 saturated carbocycles. The van der Waals surface area contributed by atoms with Gasteiger partial charge in [-0.3, -0.25) is 0 Å². The normalized spacial score (nSPS) is 10.9. The van der Waals surface area contributed by atoms with E-state index in [1.807, 2.05) is 19.2 Å². The van der Waals surface area contributed by atoms with Crippen molar-refractivity contribution in [2.75, 3.05) is 0 Å². The van der Waals surface area contributed by atoms with Gasteiger partial charge >= 0.3 is 0 Å². The lowest BCUT2D eigenvalue weighted by atomic mass is 9.96. The summed E-state index contributed by atoms with van der Waals surface area (Å²) in [5.41, 5.74) is 5.58. The molecule has 0 fully saturated rings. The predicted octanol–water partition coefficient (Wildman–Crippen LogP) is 4.91. The van der Waals surface area contributed by atoms with Crippen LogP contribution in [0.3, 0.4) is 0 Å². The third-order valence-corrected chi connectivity index (χ3v) is 3.57. The van der Waals surface area contributed by atoms with Crippen LogP contribution in [-0.2, 0) is 12.8 Å². The van der Waals surface area contributed by atoms with Crippen LogP contribution in [0, 0.1) is 6.92 Å². The standard InChI is InChI=1S/C18H27N/c1-5-14-19-15(3)10-7-8-11-18-13-9-12-17(6-2)16(18)4/h5,9,12-14,19H,3,6-8,10-11H2,1-2,4H3/b14-5-. The maximum absolute atomic E-state index is 4.02. The first-order valence-corrected chi connectivity index (χ1v) is 7.31. The summed E-state index contributed by atoms with van der Waals surface area (Å²) in [7, 11) is 0. The van der Waals surface area contributed by atoms with Crippen molar-refractivity contribution < 1.29 is 0 Å².